The fourth-order valence-electron chi connectivity index (χ4n) is 2.66. The number of pyridine rings is 1. The van der Waals surface area contributed by atoms with Crippen molar-refractivity contribution in [3.63, 3.8) is 0 Å². The Morgan fingerprint density at radius 3 is 2.40 bits per heavy atom. The molecule has 0 aliphatic rings. The molecule has 3 rings (SSSR count). The molecule has 0 radical (unpaired) electrons. The van der Waals surface area contributed by atoms with E-state index in [-0.39, 0.29) is 18.0 Å². The van der Waals surface area contributed by atoms with Crippen molar-refractivity contribution >= 4 is 29.4 Å². The maximum absolute atomic E-state index is 12.7. The molecule has 2 aromatic carbocycles. The molecule has 0 atom stereocenters. The monoisotopic (exact) mass is 420 g/mol. The Bertz CT molecular complexity index is 992. The van der Waals surface area contributed by atoms with E-state index in [1.807, 2.05) is 68.4 Å². The van der Waals surface area contributed by atoms with Crippen LogP contribution in [0.5, 0.6) is 0 Å². The van der Waals surface area contributed by atoms with E-state index >= 15 is 0 Å². The number of carbonyl (C=O) groups excluding carboxylic acids is 2. The number of nitrogens with one attached hydrogen (secondary N) is 3. The molecule has 0 aliphatic heterocycles. The number of anilines is 1. The van der Waals surface area contributed by atoms with Gasteiger partial charge in [0, 0.05) is 29.4 Å². The first-order valence-electron chi connectivity index (χ1n) is 9.64. The van der Waals surface area contributed by atoms with Gasteiger partial charge in [-0.3, -0.25) is 4.79 Å². The van der Waals surface area contributed by atoms with Crippen molar-refractivity contribution in [3.8, 4) is 0 Å². The summed E-state index contributed by atoms with van der Waals surface area (Å²) in [4.78, 5) is 29.9. The number of rotatable bonds is 7. The number of urea groups is 1. The molecular weight excluding hydrogens is 396 g/mol. The molecule has 0 fully saturated rings. The van der Waals surface area contributed by atoms with Gasteiger partial charge in [-0.2, -0.15) is 0 Å². The fraction of sp³-hybridized carbons (Fsp3) is 0.174. The molecular formula is C23H24N4O2S. The van der Waals surface area contributed by atoms with Crippen LogP contribution in [0.3, 0.4) is 0 Å². The lowest BCUT2D eigenvalue weighted by Crippen LogP contribution is -2.34. The van der Waals surface area contributed by atoms with Crippen molar-refractivity contribution in [1.82, 2.24) is 15.6 Å². The van der Waals surface area contributed by atoms with Crippen LogP contribution >= 0.6 is 11.8 Å². The van der Waals surface area contributed by atoms with Crippen LogP contribution in [0, 0.1) is 0 Å². The minimum absolute atomic E-state index is 0.0666. The van der Waals surface area contributed by atoms with Crippen LogP contribution in [0.25, 0.3) is 0 Å². The Hall–Kier alpha value is -3.32. The van der Waals surface area contributed by atoms with Gasteiger partial charge < -0.3 is 16.0 Å². The Morgan fingerprint density at radius 2 is 1.70 bits per heavy atom. The van der Waals surface area contributed by atoms with E-state index in [4.69, 9.17) is 0 Å². The lowest BCUT2D eigenvalue weighted by atomic mass is 10.2. The average Bonchev–Trinajstić information content (AvgIpc) is 2.73. The summed E-state index contributed by atoms with van der Waals surface area (Å²) in [5.41, 5.74) is 2.16. The van der Waals surface area contributed by atoms with E-state index in [9.17, 15) is 9.59 Å². The molecule has 154 valence electrons. The molecule has 0 saturated heterocycles. The minimum atomic E-state index is -0.244. The molecule has 0 unspecified atom stereocenters. The van der Waals surface area contributed by atoms with E-state index in [1.54, 1.807) is 18.3 Å². The molecule has 1 heterocycles. The average molecular weight is 421 g/mol. The summed E-state index contributed by atoms with van der Waals surface area (Å²) in [6, 6.07) is 20.5. The summed E-state index contributed by atoms with van der Waals surface area (Å²) in [6.45, 7) is 4.18. The number of benzene rings is 2. The predicted molar refractivity (Wildman–Crippen MR) is 120 cm³/mol. The van der Waals surface area contributed by atoms with Gasteiger partial charge in [-0.1, -0.05) is 42.1 Å². The topological polar surface area (TPSA) is 83.1 Å². The van der Waals surface area contributed by atoms with Gasteiger partial charge in [0.15, 0.2) is 0 Å². The van der Waals surface area contributed by atoms with E-state index in [0.717, 1.165) is 10.5 Å². The van der Waals surface area contributed by atoms with E-state index in [2.05, 4.69) is 20.9 Å². The second-order valence-electron chi connectivity index (χ2n) is 6.90. The van der Waals surface area contributed by atoms with Crippen LogP contribution in [0.2, 0.25) is 0 Å². The number of amides is 3. The summed E-state index contributed by atoms with van der Waals surface area (Å²) in [6.07, 6.45) is 1.68. The molecule has 30 heavy (non-hydrogen) atoms. The Labute approximate surface area is 180 Å². The van der Waals surface area contributed by atoms with Gasteiger partial charge in [-0.05, 0) is 55.8 Å². The van der Waals surface area contributed by atoms with Gasteiger partial charge in [0.05, 0.1) is 5.56 Å². The lowest BCUT2D eigenvalue weighted by Gasteiger charge is -2.11. The molecule has 0 saturated carbocycles. The second-order valence-corrected chi connectivity index (χ2v) is 7.97. The van der Waals surface area contributed by atoms with Crippen LogP contribution in [0.15, 0.2) is 82.8 Å². The third-order valence-electron chi connectivity index (χ3n) is 4.06. The van der Waals surface area contributed by atoms with Crippen molar-refractivity contribution in [2.75, 3.05) is 5.32 Å². The van der Waals surface area contributed by atoms with Crippen molar-refractivity contribution in [3.05, 3.63) is 84.1 Å². The lowest BCUT2D eigenvalue weighted by molar-refractivity contribution is 0.0947. The van der Waals surface area contributed by atoms with E-state index in [0.29, 0.717) is 22.8 Å². The van der Waals surface area contributed by atoms with Crippen molar-refractivity contribution in [2.45, 2.75) is 36.4 Å². The predicted octanol–water partition coefficient (Wildman–Crippen LogP) is 4.69. The van der Waals surface area contributed by atoms with Crippen LogP contribution in [-0.4, -0.2) is 23.0 Å². The third-order valence-corrected chi connectivity index (χ3v) is 5.08. The van der Waals surface area contributed by atoms with Crippen molar-refractivity contribution in [1.29, 1.82) is 0 Å². The number of aromatic nitrogens is 1. The molecule has 0 bridgehead atoms. The molecule has 6 nitrogen and oxygen atoms in total. The first-order chi connectivity index (χ1) is 14.5. The Balaban J connectivity index is 1.59. The molecule has 0 aliphatic carbocycles. The second kappa shape index (κ2) is 10.5. The normalized spacial score (nSPS) is 10.5. The summed E-state index contributed by atoms with van der Waals surface area (Å²) >= 11 is 1.46. The first kappa shape index (κ1) is 21.4. The number of carbonyl (C=O) groups is 2. The molecule has 0 spiro atoms. The zero-order valence-corrected chi connectivity index (χ0v) is 17.7. The molecule has 3 aromatic rings. The highest BCUT2D eigenvalue weighted by Gasteiger charge is 2.13. The third kappa shape index (κ3) is 6.35. The van der Waals surface area contributed by atoms with Gasteiger partial charge in [0.1, 0.15) is 5.03 Å². The van der Waals surface area contributed by atoms with Crippen LogP contribution in [-0.2, 0) is 6.54 Å². The smallest absolute Gasteiger partial charge is 0.319 e. The molecule has 3 N–H and O–H groups in total. The fourth-order valence-corrected chi connectivity index (χ4v) is 3.56. The maximum atomic E-state index is 12.7. The van der Waals surface area contributed by atoms with Crippen molar-refractivity contribution in [2.24, 2.45) is 0 Å². The molecule has 7 heteroatoms. The highest BCUT2D eigenvalue weighted by atomic mass is 32.2. The number of nitrogens with zero attached hydrogens (tertiary/aromatic N) is 1. The quantitative estimate of drug-likeness (QED) is 0.518. The largest absolute Gasteiger partial charge is 0.348 e. The molecule has 3 amide bonds. The van der Waals surface area contributed by atoms with Crippen molar-refractivity contribution < 1.29 is 9.59 Å². The number of hydrogen-bond donors (Lipinski definition) is 3. The van der Waals surface area contributed by atoms with Gasteiger partial charge >= 0.3 is 6.03 Å². The number of hydrogen-bond acceptors (Lipinski definition) is 4. The van der Waals surface area contributed by atoms with Gasteiger partial charge in [-0.15, -0.1) is 0 Å². The standard InChI is InChI=1S/C23H24N4O2S/c1-16(2)26-23(29)27-18-12-10-17(11-13-18)15-25-21(28)20-9-6-14-24-22(20)30-19-7-4-3-5-8-19/h3-14,16H,15H2,1-2H3,(H,25,28)(H2,26,27,29). The van der Waals surface area contributed by atoms with Gasteiger partial charge in [0.2, 0.25) is 0 Å². The Morgan fingerprint density at radius 1 is 0.967 bits per heavy atom. The summed E-state index contributed by atoms with van der Waals surface area (Å²) in [7, 11) is 0. The highest BCUT2D eigenvalue weighted by Crippen LogP contribution is 2.28. The van der Waals surface area contributed by atoms with Crippen LogP contribution in [0.1, 0.15) is 29.8 Å². The zero-order valence-electron chi connectivity index (χ0n) is 16.9. The maximum Gasteiger partial charge on any atom is 0.319 e. The van der Waals surface area contributed by atoms with Crippen LogP contribution < -0.4 is 16.0 Å². The van der Waals surface area contributed by atoms with Gasteiger partial charge in [0.25, 0.3) is 5.91 Å². The summed E-state index contributed by atoms with van der Waals surface area (Å²) < 4.78 is 0. The zero-order chi connectivity index (χ0) is 21.3. The first-order valence-corrected chi connectivity index (χ1v) is 10.5. The van der Waals surface area contributed by atoms with Gasteiger partial charge in [-0.25, -0.2) is 9.78 Å². The summed E-state index contributed by atoms with van der Waals surface area (Å²) in [5.74, 6) is -0.181. The Kier molecular flexibility index (Phi) is 7.45. The SMILES string of the molecule is CC(C)NC(=O)Nc1ccc(CNC(=O)c2cccnc2Sc2ccccc2)cc1. The molecule has 1 aromatic heterocycles. The van der Waals surface area contributed by atoms with Crippen LogP contribution in [0.4, 0.5) is 10.5 Å². The highest BCUT2D eigenvalue weighted by molar-refractivity contribution is 7.99. The minimum Gasteiger partial charge on any atom is -0.348 e. The van der Waals surface area contributed by atoms with E-state index < -0.39 is 0 Å². The summed E-state index contributed by atoms with van der Waals surface area (Å²) in [5, 5.41) is 9.14. The van der Waals surface area contributed by atoms with E-state index in [1.165, 1.54) is 11.8 Å².